The number of hydrogen-bond donors (Lipinski definition) is 1. The van der Waals surface area contributed by atoms with E-state index in [9.17, 15) is 0 Å². The molecule has 1 unspecified atom stereocenters. The third kappa shape index (κ3) is 3.16. The molecule has 2 aliphatic heterocycles. The molecule has 1 atom stereocenters. The average Bonchev–Trinajstić information content (AvgIpc) is 3.06. The van der Waals surface area contributed by atoms with Crippen molar-refractivity contribution in [3.8, 4) is 0 Å². The summed E-state index contributed by atoms with van der Waals surface area (Å²) in [5.41, 5.74) is 2.82. The summed E-state index contributed by atoms with van der Waals surface area (Å²) in [5, 5.41) is 3.46. The second kappa shape index (κ2) is 6.49. The van der Waals surface area contributed by atoms with Crippen LogP contribution in [0.5, 0.6) is 0 Å². The molecule has 2 aliphatic rings. The first kappa shape index (κ1) is 15.0. The predicted molar refractivity (Wildman–Crippen MR) is 86.4 cm³/mol. The molecule has 1 fully saturated rings. The Kier molecular flexibility index (Phi) is 4.65. The zero-order valence-electron chi connectivity index (χ0n) is 13.9. The van der Waals surface area contributed by atoms with Gasteiger partial charge >= 0.3 is 0 Å². The highest BCUT2D eigenvalue weighted by molar-refractivity contribution is 5.20. The predicted octanol–water partition coefficient (Wildman–Crippen LogP) is 2.21. The van der Waals surface area contributed by atoms with E-state index in [0.717, 1.165) is 31.8 Å². The Morgan fingerprint density at radius 1 is 1.38 bits per heavy atom. The van der Waals surface area contributed by atoms with E-state index >= 15 is 0 Å². The number of rotatable bonds is 5. The summed E-state index contributed by atoms with van der Waals surface area (Å²) in [6.45, 7) is 12.7. The fraction of sp³-hybridized carbons (Fsp3) is 0.824. The lowest BCUT2D eigenvalue weighted by Crippen LogP contribution is -2.29. The number of likely N-dealkylation sites (tertiary alicyclic amines) is 1. The summed E-state index contributed by atoms with van der Waals surface area (Å²) in [6.07, 6.45) is 4.79. The van der Waals surface area contributed by atoms with Gasteiger partial charge in [-0.3, -0.25) is 0 Å². The smallest absolute Gasteiger partial charge is 0.109 e. The molecule has 0 aromatic carbocycles. The number of hydrogen-bond acceptors (Lipinski definition) is 3. The molecule has 1 saturated heterocycles. The molecule has 21 heavy (non-hydrogen) atoms. The van der Waals surface area contributed by atoms with Crippen molar-refractivity contribution in [1.29, 1.82) is 0 Å². The molecule has 4 nitrogen and oxygen atoms in total. The summed E-state index contributed by atoms with van der Waals surface area (Å²) in [4.78, 5) is 7.54. The first-order valence-electron chi connectivity index (χ1n) is 8.71. The first-order chi connectivity index (χ1) is 10.2. The van der Waals surface area contributed by atoms with Gasteiger partial charge in [0.05, 0.1) is 5.69 Å². The lowest BCUT2D eigenvalue weighted by Gasteiger charge is -2.22. The Balaban J connectivity index is 1.76. The van der Waals surface area contributed by atoms with Crippen LogP contribution in [0.15, 0.2) is 0 Å². The largest absolute Gasteiger partial charge is 0.331 e. The molecular formula is C17H30N4. The van der Waals surface area contributed by atoms with Gasteiger partial charge < -0.3 is 14.8 Å². The van der Waals surface area contributed by atoms with Crippen molar-refractivity contribution in [1.82, 2.24) is 19.8 Å². The highest BCUT2D eigenvalue weighted by atomic mass is 15.2. The van der Waals surface area contributed by atoms with Crippen LogP contribution in [0, 0.1) is 5.92 Å². The molecular weight excluding hydrogens is 260 g/mol. The maximum absolute atomic E-state index is 4.92. The molecule has 0 bridgehead atoms. The Bertz CT molecular complexity index is 477. The van der Waals surface area contributed by atoms with Crippen molar-refractivity contribution in [3.05, 3.63) is 17.2 Å². The number of nitrogens with zero attached hydrogens (tertiary/aromatic N) is 3. The van der Waals surface area contributed by atoms with Crippen molar-refractivity contribution >= 4 is 0 Å². The summed E-state index contributed by atoms with van der Waals surface area (Å²) >= 11 is 0. The van der Waals surface area contributed by atoms with E-state index in [4.69, 9.17) is 4.98 Å². The first-order valence-corrected chi connectivity index (χ1v) is 8.71. The lowest BCUT2D eigenvalue weighted by molar-refractivity contribution is 0.260. The van der Waals surface area contributed by atoms with Crippen LogP contribution in [0.25, 0.3) is 0 Å². The van der Waals surface area contributed by atoms with Gasteiger partial charge in [0.15, 0.2) is 0 Å². The summed E-state index contributed by atoms with van der Waals surface area (Å²) in [5.74, 6) is 2.13. The fourth-order valence-corrected chi connectivity index (χ4v) is 3.80. The third-order valence-corrected chi connectivity index (χ3v) is 5.03. The van der Waals surface area contributed by atoms with E-state index in [0.29, 0.717) is 6.04 Å². The quantitative estimate of drug-likeness (QED) is 0.902. The zero-order valence-corrected chi connectivity index (χ0v) is 13.9. The van der Waals surface area contributed by atoms with Crippen LogP contribution in [0.3, 0.4) is 0 Å². The Labute approximate surface area is 128 Å². The molecule has 0 spiro atoms. The van der Waals surface area contributed by atoms with Gasteiger partial charge in [0, 0.05) is 50.8 Å². The maximum Gasteiger partial charge on any atom is 0.109 e. The van der Waals surface area contributed by atoms with Gasteiger partial charge in [-0.05, 0) is 39.2 Å². The van der Waals surface area contributed by atoms with Crippen LogP contribution in [0.4, 0.5) is 0 Å². The van der Waals surface area contributed by atoms with Crippen LogP contribution < -0.4 is 5.32 Å². The van der Waals surface area contributed by atoms with Crippen LogP contribution in [0.2, 0.25) is 0 Å². The molecule has 0 radical (unpaired) electrons. The topological polar surface area (TPSA) is 33.1 Å². The van der Waals surface area contributed by atoms with E-state index < -0.39 is 0 Å². The Morgan fingerprint density at radius 2 is 2.24 bits per heavy atom. The lowest BCUT2D eigenvalue weighted by atomic mass is 10.1. The molecule has 4 heteroatoms. The van der Waals surface area contributed by atoms with Gasteiger partial charge in [0.1, 0.15) is 5.82 Å². The number of imidazole rings is 1. The van der Waals surface area contributed by atoms with E-state index in [1.54, 1.807) is 0 Å². The molecule has 1 aromatic heterocycles. The van der Waals surface area contributed by atoms with Crippen molar-refractivity contribution in [2.45, 2.75) is 65.6 Å². The minimum absolute atomic E-state index is 0.686. The molecule has 1 N–H and O–H groups in total. The van der Waals surface area contributed by atoms with Gasteiger partial charge in [0.2, 0.25) is 0 Å². The van der Waals surface area contributed by atoms with Gasteiger partial charge in [-0.15, -0.1) is 0 Å². The van der Waals surface area contributed by atoms with Gasteiger partial charge in [-0.2, -0.15) is 0 Å². The molecule has 3 heterocycles. The van der Waals surface area contributed by atoms with E-state index in [-0.39, 0.29) is 0 Å². The van der Waals surface area contributed by atoms with Gasteiger partial charge in [0.25, 0.3) is 0 Å². The molecule has 0 aliphatic carbocycles. The maximum atomic E-state index is 4.92. The molecule has 3 rings (SSSR count). The van der Waals surface area contributed by atoms with Crippen molar-refractivity contribution in [2.75, 3.05) is 19.6 Å². The summed E-state index contributed by atoms with van der Waals surface area (Å²) < 4.78 is 2.58. The van der Waals surface area contributed by atoms with Crippen LogP contribution in [0.1, 0.15) is 50.8 Å². The van der Waals surface area contributed by atoms with Crippen LogP contribution in [-0.2, 0) is 25.9 Å². The number of aromatic nitrogens is 2. The number of fused-ring (bicyclic) bond motifs is 1. The molecule has 1 aromatic rings. The number of nitrogens with one attached hydrogen (secondary N) is 1. The minimum Gasteiger partial charge on any atom is -0.331 e. The standard InChI is InChI=1S/C17H30N4/c1-4-5-17-19-15-10-18-8-6-16(15)21(17)12-14-7-9-20(11-14)13(2)3/h13-14,18H,4-12H2,1-3H3. The van der Waals surface area contributed by atoms with Crippen molar-refractivity contribution < 1.29 is 0 Å². The van der Waals surface area contributed by atoms with E-state index in [1.165, 1.54) is 49.7 Å². The highest BCUT2D eigenvalue weighted by Crippen LogP contribution is 2.24. The second-order valence-corrected chi connectivity index (χ2v) is 6.95. The summed E-state index contributed by atoms with van der Waals surface area (Å²) in [7, 11) is 0. The monoisotopic (exact) mass is 290 g/mol. The molecule has 118 valence electrons. The number of aryl methyl sites for hydroxylation is 1. The second-order valence-electron chi connectivity index (χ2n) is 6.95. The average molecular weight is 290 g/mol. The molecule has 0 saturated carbocycles. The van der Waals surface area contributed by atoms with Gasteiger partial charge in [-0.25, -0.2) is 4.98 Å². The minimum atomic E-state index is 0.686. The van der Waals surface area contributed by atoms with E-state index in [1.807, 2.05) is 0 Å². The Hall–Kier alpha value is -0.870. The SMILES string of the molecule is CCCc1nc2c(n1CC1CCN(C(C)C)C1)CCNC2. The third-order valence-electron chi connectivity index (χ3n) is 5.03. The van der Waals surface area contributed by atoms with E-state index in [2.05, 4.69) is 35.6 Å². The van der Waals surface area contributed by atoms with Crippen molar-refractivity contribution in [2.24, 2.45) is 5.92 Å². The zero-order chi connectivity index (χ0) is 14.8. The highest BCUT2D eigenvalue weighted by Gasteiger charge is 2.27. The van der Waals surface area contributed by atoms with Crippen molar-refractivity contribution in [3.63, 3.8) is 0 Å². The Morgan fingerprint density at radius 3 is 2.95 bits per heavy atom. The normalized spacial score (nSPS) is 23.0. The fourth-order valence-electron chi connectivity index (χ4n) is 3.80. The van der Waals surface area contributed by atoms with Gasteiger partial charge in [-0.1, -0.05) is 6.92 Å². The summed E-state index contributed by atoms with van der Waals surface area (Å²) in [6, 6.07) is 0.686. The van der Waals surface area contributed by atoms with Crippen LogP contribution in [-0.4, -0.2) is 40.1 Å². The van der Waals surface area contributed by atoms with Crippen LogP contribution >= 0.6 is 0 Å². The molecule has 0 amide bonds.